The summed E-state index contributed by atoms with van der Waals surface area (Å²) < 4.78 is 24.6. The number of hydrazine groups is 1. The first-order valence-electron chi connectivity index (χ1n) is 21.9. The van der Waals surface area contributed by atoms with Gasteiger partial charge in [0.25, 0.3) is 5.91 Å². The van der Waals surface area contributed by atoms with Gasteiger partial charge in [0.05, 0.1) is 31.2 Å². The highest BCUT2D eigenvalue weighted by molar-refractivity contribution is 7.70. The van der Waals surface area contributed by atoms with E-state index in [-0.39, 0.29) is 43.7 Å². The summed E-state index contributed by atoms with van der Waals surface area (Å²) in [7, 11) is -0.891. The smallest absolute Gasteiger partial charge is 0.273 e. The lowest BCUT2D eigenvalue weighted by Gasteiger charge is -2.43. The highest BCUT2D eigenvalue weighted by atomic mass is 35.5. The van der Waals surface area contributed by atoms with Crippen molar-refractivity contribution >= 4 is 70.6 Å². The highest BCUT2D eigenvalue weighted by Crippen LogP contribution is 2.39. The molecule has 0 bridgehead atoms. The third kappa shape index (κ3) is 10.4. The third-order valence-corrected chi connectivity index (χ3v) is 14.1. The van der Waals surface area contributed by atoms with E-state index in [4.69, 9.17) is 21.1 Å². The molecule has 4 aromatic rings. The topological polar surface area (TPSA) is 153 Å². The molecule has 5 heterocycles. The van der Waals surface area contributed by atoms with Gasteiger partial charge in [-0.1, -0.05) is 41.6 Å². The quantitative estimate of drug-likeness (QED) is 0.0629. The van der Waals surface area contributed by atoms with Crippen LogP contribution in [-0.2, 0) is 25.4 Å². The molecule has 336 valence electrons. The summed E-state index contributed by atoms with van der Waals surface area (Å²) in [6, 6.07) is 19.5. The average molecular weight is 908 g/mol. The fourth-order valence-corrected chi connectivity index (χ4v) is 10.2. The number of fused-ring (bicyclic) bond motifs is 1. The Labute approximate surface area is 379 Å². The fraction of sp³-hybridized carbons (Fsp3) is 0.426. The Morgan fingerprint density at radius 2 is 1.67 bits per heavy atom. The number of aromatic nitrogens is 2. The second kappa shape index (κ2) is 20.1. The zero-order valence-electron chi connectivity index (χ0n) is 36.6. The minimum absolute atomic E-state index is 0.153. The first-order chi connectivity index (χ1) is 31.0. The van der Waals surface area contributed by atoms with Crippen molar-refractivity contribution in [1.29, 1.82) is 0 Å². The minimum Gasteiger partial charge on any atom is -0.494 e. The maximum atomic E-state index is 13.1. The second-order valence-electron chi connectivity index (χ2n) is 16.8. The molecular weight excluding hydrogens is 853 g/mol. The largest absolute Gasteiger partial charge is 0.494 e. The van der Waals surface area contributed by atoms with Crippen molar-refractivity contribution < 1.29 is 28.4 Å². The molecule has 0 radical (unpaired) electrons. The fourth-order valence-electron chi connectivity index (χ4n) is 8.89. The maximum Gasteiger partial charge on any atom is 0.273 e. The van der Waals surface area contributed by atoms with Crippen molar-refractivity contribution in [2.24, 2.45) is 0 Å². The van der Waals surface area contributed by atoms with Gasteiger partial charge in [0.2, 0.25) is 17.8 Å². The summed E-state index contributed by atoms with van der Waals surface area (Å²) in [5, 5.41) is 9.88. The van der Waals surface area contributed by atoms with Crippen LogP contribution in [0.5, 0.6) is 5.75 Å². The van der Waals surface area contributed by atoms with E-state index in [2.05, 4.69) is 59.3 Å². The molecule has 2 N–H and O–H groups in total. The number of hydrogen-bond donors (Lipinski definition) is 2. The van der Waals surface area contributed by atoms with E-state index in [1.165, 1.54) is 11.2 Å². The second-order valence-corrected chi connectivity index (χ2v) is 20.4. The van der Waals surface area contributed by atoms with Crippen LogP contribution in [0.2, 0.25) is 5.02 Å². The van der Waals surface area contributed by atoms with Crippen molar-refractivity contribution in [2.45, 2.75) is 51.1 Å². The number of ether oxygens (including phenoxy) is 2. The van der Waals surface area contributed by atoms with Gasteiger partial charge in [-0.2, -0.15) is 9.99 Å². The van der Waals surface area contributed by atoms with Gasteiger partial charge >= 0.3 is 0 Å². The summed E-state index contributed by atoms with van der Waals surface area (Å²) in [5.74, 6) is 6.64. The molecule has 0 atom stereocenters. The molecule has 0 saturated carbocycles. The number of piperazine rings is 1. The van der Waals surface area contributed by atoms with Crippen LogP contribution < -0.4 is 25.6 Å². The highest BCUT2D eigenvalue weighted by Gasteiger charge is 2.40. The van der Waals surface area contributed by atoms with Gasteiger partial charge in [-0.3, -0.25) is 19.3 Å². The molecule has 3 aromatic carbocycles. The van der Waals surface area contributed by atoms with Crippen molar-refractivity contribution in [3.05, 3.63) is 88.6 Å². The SMILES string of the molecule is COc1cc(N2CCC(N3CCN(CCCOCC#Cc4cccc5c4CN(N4C(=O)CCCC4=O)C5=O)CC3)CC2)ccc1Nc1ncc(Cl)c(Nc2ccccc2P(C)(C)=O)n1. The van der Waals surface area contributed by atoms with Crippen molar-refractivity contribution in [1.82, 2.24) is 29.8 Å². The molecule has 17 heteroatoms. The van der Waals surface area contributed by atoms with E-state index >= 15 is 0 Å². The number of rotatable bonds is 14. The van der Waals surface area contributed by atoms with Gasteiger partial charge in [-0.05, 0) is 75.4 Å². The Kier molecular flexibility index (Phi) is 14.2. The molecule has 4 aliphatic heterocycles. The third-order valence-electron chi connectivity index (χ3n) is 12.3. The van der Waals surface area contributed by atoms with Crippen LogP contribution in [0, 0.1) is 11.8 Å². The molecule has 15 nitrogen and oxygen atoms in total. The summed E-state index contributed by atoms with van der Waals surface area (Å²) in [6.07, 6.45) is 5.68. The molecule has 3 fully saturated rings. The lowest BCUT2D eigenvalue weighted by Crippen LogP contribution is -2.53. The molecule has 8 rings (SSSR count). The standard InChI is InChI=1S/C47H55ClN9O6P/c1-62-41-30-35(17-18-39(41)51-47-49-31-38(48)45(52-47)50-40-13-4-5-14-42(40)64(2,3)61)54-22-19-34(20-23-54)55-26-24-53(25-27-55)21-9-29-63-28-8-11-33-10-6-12-36-37(33)32-56(46(36)60)57-43(58)15-7-16-44(57)59/h4-6,10,12-14,17-18,30-31,34H,7,9,15-16,19-29,32H2,1-3H3,(H2,49,50,51,52). The molecule has 0 unspecified atom stereocenters. The number of para-hydroxylation sites is 1. The summed E-state index contributed by atoms with van der Waals surface area (Å²) in [4.78, 5) is 54.6. The zero-order chi connectivity index (χ0) is 44.8. The lowest BCUT2D eigenvalue weighted by atomic mass is 10.0. The van der Waals surface area contributed by atoms with Crippen LogP contribution in [0.15, 0.2) is 66.9 Å². The van der Waals surface area contributed by atoms with Crippen molar-refractivity contribution in [2.75, 3.05) is 95.0 Å². The Hall–Kier alpha value is -5.49. The van der Waals surface area contributed by atoms with Gasteiger partial charge in [0.1, 0.15) is 24.5 Å². The Balaban J connectivity index is 0.751. The predicted octanol–water partition coefficient (Wildman–Crippen LogP) is 6.33. The van der Waals surface area contributed by atoms with E-state index in [9.17, 15) is 18.9 Å². The number of nitrogens with one attached hydrogen (secondary N) is 2. The number of piperidine rings is 2. The van der Waals surface area contributed by atoms with E-state index in [0.717, 1.165) is 92.3 Å². The van der Waals surface area contributed by atoms with Crippen LogP contribution in [0.1, 0.15) is 60.0 Å². The van der Waals surface area contributed by atoms with E-state index in [0.29, 0.717) is 58.4 Å². The Bertz CT molecular complexity index is 2480. The van der Waals surface area contributed by atoms with E-state index in [1.54, 1.807) is 32.6 Å². The van der Waals surface area contributed by atoms with Gasteiger partial charge in [-0.15, -0.1) is 0 Å². The first-order valence-corrected chi connectivity index (χ1v) is 24.9. The molecule has 1 aromatic heterocycles. The number of amides is 3. The molecule has 3 amide bonds. The number of carbonyl (C=O) groups is 3. The zero-order valence-corrected chi connectivity index (χ0v) is 38.3. The van der Waals surface area contributed by atoms with Gasteiger partial charge in [0.15, 0.2) is 5.82 Å². The lowest BCUT2D eigenvalue weighted by molar-refractivity contribution is -0.163. The maximum absolute atomic E-state index is 13.1. The monoisotopic (exact) mass is 907 g/mol. The summed E-state index contributed by atoms with van der Waals surface area (Å²) in [5.41, 5.74) is 4.44. The number of anilines is 5. The number of methoxy groups -OCH3 is 1. The van der Waals surface area contributed by atoms with Crippen LogP contribution in [0.4, 0.5) is 28.8 Å². The number of carbonyl (C=O) groups excluding carboxylic acids is 3. The van der Waals surface area contributed by atoms with Crippen molar-refractivity contribution in [3.8, 4) is 17.6 Å². The number of nitrogens with zero attached hydrogens (tertiary/aromatic N) is 7. The number of hydrogen-bond acceptors (Lipinski definition) is 13. The van der Waals surface area contributed by atoms with Crippen LogP contribution in [0.25, 0.3) is 0 Å². The van der Waals surface area contributed by atoms with Crippen LogP contribution in [0.3, 0.4) is 0 Å². The van der Waals surface area contributed by atoms with Crippen LogP contribution in [-0.4, -0.2) is 133 Å². The molecule has 0 aliphatic carbocycles. The minimum atomic E-state index is -2.55. The molecular formula is C47H55ClN9O6P. The molecule has 0 spiro atoms. The van der Waals surface area contributed by atoms with Gasteiger partial charge < -0.3 is 34.5 Å². The van der Waals surface area contributed by atoms with Crippen molar-refractivity contribution in [3.63, 3.8) is 0 Å². The number of imide groups is 1. The predicted molar refractivity (Wildman–Crippen MR) is 250 cm³/mol. The molecule has 64 heavy (non-hydrogen) atoms. The van der Waals surface area contributed by atoms with E-state index < -0.39 is 7.14 Å². The van der Waals surface area contributed by atoms with Crippen LogP contribution >= 0.6 is 18.7 Å². The first kappa shape index (κ1) is 45.1. The molecule has 3 saturated heterocycles. The Morgan fingerprint density at radius 1 is 0.906 bits per heavy atom. The normalized spacial score (nSPS) is 17.6. The number of halogens is 1. The van der Waals surface area contributed by atoms with Gasteiger partial charge in [-0.25, -0.2) is 9.99 Å². The van der Waals surface area contributed by atoms with Gasteiger partial charge in [0, 0.05) is 105 Å². The molecule has 4 aliphatic rings. The summed E-state index contributed by atoms with van der Waals surface area (Å²) in [6.45, 7) is 11.6. The van der Waals surface area contributed by atoms with E-state index in [1.807, 2.05) is 36.4 Å². The Morgan fingerprint density at radius 3 is 2.42 bits per heavy atom. The number of benzene rings is 3. The average Bonchev–Trinajstić information content (AvgIpc) is 3.63. The summed E-state index contributed by atoms with van der Waals surface area (Å²) >= 11 is 6.49.